The first-order chi connectivity index (χ1) is 9.11. The fourth-order valence-corrected chi connectivity index (χ4v) is 2.91. The van der Waals surface area contributed by atoms with Gasteiger partial charge in [0.25, 0.3) is 0 Å². The van der Waals surface area contributed by atoms with Crippen LogP contribution in [0.25, 0.3) is 11.0 Å². The van der Waals surface area contributed by atoms with Crippen molar-refractivity contribution in [1.82, 2.24) is 19.7 Å². The van der Waals surface area contributed by atoms with Gasteiger partial charge in [-0.3, -0.25) is 4.68 Å². The Morgan fingerprint density at radius 3 is 2.95 bits per heavy atom. The molecule has 0 aliphatic rings. The van der Waals surface area contributed by atoms with E-state index in [9.17, 15) is 0 Å². The van der Waals surface area contributed by atoms with E-state index in [1.54, 1.807) is 11.8 Å². The lowest BCUT2D eigenvalue weighted by atomic mass is 10.3. The first kappa shape index (κ1) is 12.1. The van der Waals surface area contributed by atoms with E-state index in [1.807, 2.05) is 36.9 Å². The van der Waals surface area contributed by atoms with Crippen molar-refractivity contribution >= 4 is 28.5 Å². The van der Waals surface area contributed by atoms with E-state index in [4.69, 9.17) is 5.73 Å². The standard InChI is InChI=1S/C13H15N5S/c1-8-5-10(18(2)17-8)7-19-13-15-11-4-3-9(14)6-12(11)16-13/h3-6H,7,14H2,1-2H3,(H,15,16). The number of fused-ring (bicyclic) bond motifs is 1. The molecule has 0 aliphatic carbocycles. The van der Waals surface area contributed by atoms with Crippen molar-refractivity contribution in [3.63, 3.8) is 0 Å². The molecule has 0 spiro atoms. The molecule has 0 aliphatic heterocycles. The molecule has 0 bridgehead atoms. The average molecular weight is 273 g/mol. The molecule has 0 atom stereocenters. The van der Waals surface area contributed by atoms with Crippen LogP contribution in [0.1, 0.15) is 11.4 Å². The number of nitrogens with two attached hydrogens (primary N) is 1. The molecule has 6 heteroatoms. The second-order valence-electron chi connectivity index (χ2n) is 4.51. The number of rotatable bonds is 3. The number of anilines is 1. The number of aromatic amines is 1. The lowest BCUT2D eigenvalue weighted by Gasteiger charge is -1.98. The third-order valence-electron chi connectivity index (χ3n) is 2.94. The zero-order valence-electron chi connectivity index (χ0n) is 10.8. The largest absolute Gasteiger partial charge is 0.399 e. The number of hydrogen-bond acceptors (Lipinski definition) is 4. The molecule has 2 heterocycles. The van der Waals surface area contributed by atoms with Crippen LogP contribution in [0.15, 0.2) is 29.4 Å². The normalized spacial score (nSPS) is 11.3. The first-order valence-corrected chi connectivity index (χ1v) is 6.98. The molecule has 19 heavy (non-hydrogen) atoms. The highest BCUT2D eigenvalue weighted by molar-refractivity contribution is 7.98. The summed E-state index contributed by atoms with van der Waals surface area (Å²) in [6.45, 7) is 2.00. The number of nitrogens with one attached hydrogen (secondary N) is 1. The van der Waals surface area contributed by atoms with Crippen LogP contribution in [0.2, 0.25) is 0 Å². The summed E-state index contributed by atoms with van der Waals surface area (Å²) < 4.78 is 1.91. The minimum absolute atomic E-state index is 0.745. The number of imidazole rings is 1. The quantitative estimate of drug-likeness (QED) is 0.568. The molecule has 0 radical (unpaired) electrons. The van der Waals surface area contributed by atoms with E-state index < -0.39 is 0 Å². The molecule has 0 fully saturated rings. The lowest BCUT2D eigenvalue weighted by molar-refractivity contribution is 0.727. The topological polar surface area (TPSA) is 72.5 Å². The molecule has 3 N–H and O–H groups in total. The van der Waals surface area contributed by atoms with E-state index in [-0.39, 0.29) is 0 Å². The third kappa shape index (κ3) is 2.44. The molecule has 3 aromatic rings. The summed E-state index contributed by atoms with van der Waals surface area (Å²) in [5.74, 6) is 0.840. The van der Waals surface area contributed by atoms with E-state index in [1.165, 1.54) is 5.69 Å². The number of H-pyrrole nitrogens is 1. The zero-order chi connectivity index (χ0) is 13.4. The summed E-state index contributed by atoms with van der Waals surface area (Å²) >= 11 is 1.66. The second kappa shape index (κ2) is 4.62. The van der Waals surface area contributed by atoms with Gasteiger partial charge in [0.1, 0.15) is 0 Å². The number of thioether (sulfide) groups is 1. The van der Waals surface area contributed by atoms with Crippen LogP contribution in [0, 0.1) is 6.92 Å². The lowest BCUT2D eigenvalue weighted by Crippen LogP contribution is -1.96. The average Bonchev–Trinajstić information content (AvgIpc) is 2.89. The van der Waals surface area contributed by atoms with Gasteiger partial charge in [-0.2, -0.15) is 5.10 Å². The molecular formula is C13H15N5S. The Balaban J connectivity index is 1.80. The molecule has 3 rings (SSSR count). The highest BCUT2D eigenvalue weighted by Crippen LogP contribution is 2.24. The minimum Gasteiger partial charge on any atom is -0.399 e. The highest BCUT2D eigenvalue weighted by Gasteiger charge is 2.07. The van der Waals surface area contributed by atoms with Crippen molar-refractivity contribution < 1.29 is 0 Å². The Morgan fingerprint density at radius 2 is 2.21 bits per heavy atom. The Labute approximate surface area is 115 Å². The van der Waals surface area contributed by atoms with Gasteiger partial charge in [-0.25, -0.2) is 4.98 Å². The van der Waals surface area contributed by atoms with Gasteiger partial charge in [-0.15, -0.1) is 0 Å². The summed E-state index contributed by atoms with van der Waals surface area (Å²) in [6, 6.07) is 7.79. The number of hydrogen-bond donors (Lipinski definition) is 2. The van der Waals surface area contributed by atoms with Crippen molar-refractivity contribution in [3.8, 4) is 0 Å². The number of nitrogens with zero attached hydrogens (tertiary/aromatic N) is 3. The van der Waals surface area contributed by atoms with E-state index >= 15 is 0 Å². The maximum absolute atomic E-state index is 5.75. The Kier molecular flexibility index (Phi) is 2.94. The van der Waals surface area contributed by atoms with Gasteiger partial charge in [0.2, 0.25) is 0 Å². The Bertz CT molecular complexity index is 728. The van der Waals surface area contributed by atoms with Crippen molar-refractivity contribution in [3.05, 3.63) is 35.7 Å². The maximum Gasteiger partial charge on any atom is 0.166 e. The van der Waals surface area contributed by atoms with Crippen LogP contribution >= 0.6 is 11.8 Å². The molecule has 2 aromatic heterocycles. The Morgan fingerprint density at radius 1 is 1.37 bits per heavy atom. The van der Waals surface area contributed by atoms with Crippen molar-refractivity contribution in [1.29, 1.82) is 0 Å². The highest BCUT2D eigenvalue weighted by atomic mass is 32.2. The molecule has 0 saturated carbocycles. The Hall–Kier alpha value is -1.95. The summed E-state index contributed by atoms with van der Waals surface area (Å²) in [7, 11) is 1.96. The predicted molar refractivity (Wildman–Crippen MR) is 78.0 cm³/mol. The van der Waals surface area contributed by atoms with Crippen molar-refractivity contribution in [2.24, 2.45) is 7.05 Å². The number of benzene rings is 1. The zero-order valence-corrected chi connectivity index (χ0v) is 11.7. The van der Waals surface area contributed by atoms with Crippen LogP contribution in [-0.4, -0.2) is 19.7 Å². The summed E-state index contributed by atoms with van der Waals surface area (Å²) in [5, 5.41) is 5.24. The fourth-order valence-electron chi connectivity index (χ4n) is 2.01. The van der Waals surface area contributed by atoms with Crippen molar-refractivity contribution in [2.75, 3.05) is 5.73 Å². The third-order valence-corrected chi connectivity index (χ3v) is 3.85. The van der Waals surface area contributed by atoms with E-state index in [0.717, 1.165) is 33.3 Å². The second-order valence-corrected chi connectivity index (χ2v) is 5.47. The van der Waals surface area contributed by atoms with Gasteiger partial charge < -0.3 is 10.7 Å². The molecule has 98 valence electrons. The van der Waals surface area contributed by atoms with Crippen LogP contribution in [0.4, 0.5) is 5.69 Å². The van der Waals surface area contributed by atoms with Gasteiger partial charge >= 0.3 is 0 Å². The minimum atomic E-state index is 0.745. The summed E-state index contributed by atoms with van der Waals surface area (Å²) in [5.41, 5.74) is 10.6. The SMILES string of the molecule is Cc1cc(CSc2nc3ccc(N)cc3[nH]2)n(C)n1. The molecule has 0 saturated heterocycles. The van der Waals surface area contributed by atoms with Gasteiger partial charge in [0.15, 0.2) is 5.16 Å². The van der Waals surface area contributed by atoms with Crippen LogP contribution in [-0.2, 0) is 12.8 Å². The van der Waals surface area contributed by atoms with Crippen LogP contribution in [0.3, 0.4) is 0 Å². The van der Waals surface area contributed by atoms with Gasteiger partial charge in [-0.05, 0) is 31.2 Å². The fraction of sp³-hybridized carbons (Fsp3) is 0.231. The summed E-state index contributed by atoms with van der Waals surface area (Å²) in [6.07, 6.45) is 0. The maximum atomic E-state index is 5.75. The number of aromatic nitrogens is 4. The van der Waals surface area contributed by atoms with Crippen LogP contribution < -0.4 is 5.73 Å². The number of nitrogen functional groups attached to an aromatic ring is 1. The molecule has 0 unspecified atom stereocenters. The molecule has 0 amide bonds. The first-order valence-electron chi connectivity index (χ1n) is 5.99. The van der Waals surface area contributed by atoms with Gasteiger partial charge in [0, 0.05) is 24.2 Å². The predicted octanol–water partition coefficient (Wildman–Crippen LogP) is 2.48. The van der Waals surface area contributed by atoms with E-state index in [0.29, 0.717) is 0 Å². The van der Waals surface area contributed by atoms with Gasteiger partial charge in [0.05, 0.1) is 16.7 Å². The monoisotopic (exact) mass is 273 g/mol. The van der Waals surface area contributed by atoms with E-state index in [2.05, 4.69) is 21.1 Å². The van der Waals surface area contributed by atoms with Crippen molar-refractivity contribution in [2.45, 2.75) is 17.8 Å². The molecular weight excluding hydrogens is 258 g/mol. The molecule has 5 nitrogen and oxygen atoms in total. The number of aryl methyl sites for hydroxylation is 2. The van der Waals surface area contributed by atoms with Gasteiger partial charge in [-0.1, -0.05) is 11.8 Å². The molecule has 1 aromatic carbocycles. The summed E-state index contributed by atoms with van der Waals surface area (Å²) in [4.78, 5) is 7.80. The smallest absolute Gasteiger partial charge is 0.166 e. The van der Waals surface area contributed by atoms with Crippen LogP contribution in [0.5, 0.6) is 0 Å².